The highest BCUT2D eigenvalue weighted by atomic mass is 32.2. The van der Waals surface area contributed by atoms with E-state index < -0.39 is 0 Å². The van der Waals surface area contributed by atoms with Crippen molar-refractivity contribution >= 4 is 29.5 Å². The van der Waals surface area contributed by atoms with Crippen molar-refractivity contribution in [3.8, 4) is 0 Å². The highest BCUT2D eigenvalue weighted by Gasteiger charge is 2.05. The third kappa shape index (κ3) is 13.5. The number of hydrogen-bond donors (Lipinski definition) is 1. The van der Waals surface area contributed by atoms with Crippen LogP contribution >= 0.6 is 23.5 Å². The smallest absolute Gasteiger partial charge is 0.310 e. The van der Waals surface area contributed by atoms with Crippen LogP contribution in [0.4, 0.5) is 0 Å². The molecule has 2 unspecified atom stereocenters. The van der Waals surface area contributed by atoms with Crippen LogP contribution in [0.15, 0.2) is 30.3 Å². The number of nitrogens with one attached hydrogen (secondary N) is 1. The fourth-order valence-electron chi connectivity index (χ4n) is 1.90. The normalized spacial score (nSPS) is 12.7. The Kier molecular flexibility index (Phi) is 14.5. The van der Waals surface area contributed by atoms with Crippen LogP contribution in [-0.4, -0.2) is 34.8 Å². The molecule has 1 rings (SSSR count). The zero-order valence-corrected chi connectivity index (χ0v) is 16.6. The zero-order valence-electron chi connectivity index (χ0n) is 15.0. The first kappa shape index (κ1) is 22.4. The highest BCUT2D eigenvalue weighted by molar-refractivity contribution is 8.00. The van der Waals surface area contributed by atoms with Crippen LogP contribution in [0.3, 0.4) is 0 Å². The van der Waals surface area contributed by atoms with E-state index in [0.29, 0.717) is 23.8 Å². The maximum absolute atomic E-state index is 11.0. The molecule has 0 bridgehead atoms. The molecule has 1 aromatic rings. The van der Waals surface area contributed by atoms with Crippen LogP contribution in [0.5, 0.6) is 0 Å². The minimum absolute atomic E-state index is 0.163. The molecule has 0 aliphatic carbocycles. The van der Waals surface area contributed by atoms with E-state index >= 15 is 0 Å². The lowest BCUT2D eigenvalue weighted by molar-refractivity contribution is -0.142. The molecular formula is C18H31NO2S2. The van der Waals surface area contributed by atoms with Crippen LogP contribution in [0, 0.1) is 0 Å². The van der Waals surface area contributed by atoms with Gasteiger partial charge in [-0.05, 0) is 37.8 Å². The Bertz CT molecular complexity index is 391. The first-order chi connectivity index (χ1) is 11.0. The molecule has 0 amide bonds. The van der Waals surface area contributed by atoms with E-state index in [9.17, 15) is 4.79 Å². The van der Waals surface area contributed by atoms with E-state index in [1.54, 1.807) is 0 Å². The summed E-state index contributed by atoms with van der Waals surface area (Å²) in [5.41, 5.74) is 0.996. The van der Waals surface area contributed by atoms with Crippen molar-refractivity contribution in [2.75, 3.05) is 18.1 Å². The lowest BCUT2D eigenvalue weighted by atomic mass is 10.2. The standard InChI is InChI=1S/C10H12O2.C8H19NS2/c1-2-12-10(11)8-9-6-4-3-5-7-9;1-5-10-7(3)9-8(4)11-6-2/h3-7H,2,8H2,1H3;7-9H,5-6H2,1-4H3. The molecule has 0 aliphatic rings. The molecule has 1 aromatic carbocycles. The minimum Gasteiger partial charge on any atom is -0.466 e. The molecule has 0 radical (unpaired) electrons. The Morgan fingerprint density at radius 3 is 2.00 bits per heavy atom. The number of esters is 1. The molecule has 0 spiro atoms. The van der Waals surface area contributed by atoms with Gasteiger partial charge < -0.3 is 4.74 Å². The van der Waals surface area contributed by atoms with Crippen LogP contribution in [0.1, 0.15) is 40.2 Å². The van der Waals surface area contributed by atoms with Gasteiger partial charge in [-0.15, -0.1) is 23.5 Å². The molecule has 5 heteroatoms. The van der Waals surface area contributed by atoms with E-state index in [-0.39, 0.29) is 5.97 Å². The third-order valence-corrected chi connectivity index (χ3v) is 4.74. The number of thioether (sulfide) groups is 2. The van der Waals surface area contributed by atoms with Gasteiger partial charge in [0.05, 0.1) is 23.8 Å². The molecule has 0 saturated carbocycles. The molecule has 0 aromatic heterocycles. The van der Waals surface area contributed by atoms with E-state index in [0.717, 1.165) is 5.56 Å². The lowest BCUT2D eigenvalue weighted by Crippen LogP contribution is -2.30. The SMILES string of the molecule is CCOC(=O)Cc1ccccc1.CCSC(C)NC(C)SCC. The maximum atomic E-state index is 11.0. The Balaban J connectivity index is 0.000000423. The van der Waals surface area contributed by atoms with E-state index in [1.165, 1.54) is 11.5 Å². The van der Waals surface area contributed by atoms with Crippen molar-refractivity contribution in [3.05, 3.63) is 35.9 Å². The summed E-state index contributed by atoms with van der Waals surface area (Å²) < 4.78 is 4.81. The largest absolute Gasteiger partial charge is 0.466 e. The molecule has 3 nitrogen and oxygen atoms in total. The van der Waals surface area contributed by atoms with Crippen molar-refractivity contribution in [3.63, 3.8) is 0 Å². The van der Waals surface area contributed by atoms with Crippen molar-refractivity contribution in [1.82, 2.24) is 5.32 Å². The van der Waals surface area contributed by atoms with Gasteiger partial charge in [0, 0.05) is 0 Å². The van der Waals surface area contributed by atoms with E-state index in [4.69, 9.17) is 4.74 Å². The zero-order chi connectivity index (χ0) is 17.5. The quantitative estimate of drug-likeness (QED) is 0.518. The van der Waals surface area contributed by atoms with Gasteiger partial charge in [-0.2, -0.15) is 0 Å². The summed E-state index contributed by atoms with van der Waals surface area (Å²) in [6, 6.07) is 9.58. The molecule has 0 aliphatic heterocycles. The van der Waals surface area contributed by atoms with Crippen LogP contribution < -0.4 is 5.32 Å². The first-order valence-corrected chi connectivity index (χ1v) is 10.3. The molecule has 0 saturated heterocycles. The number of rotatable bonds is 9. The summed E-state index contributed by atoms with van der Waals surface area (Å²) in [6.07, 6.45) is 0.370. The van der Waals surface area contributed by atoms with Gasteiger partial charge in [-0.3, -0.25) is 10.1 Å². The maximum Gasteiger partial charge on any atom is 0.310 e. The fraction of sp³-hybridized carbons (Fsp3) is 0.611. The van der Waals surface area contributed by atoms with Crippen molar-refractivity contribution in [2.45, 2.75) is 51.8 Å². The second-order valence-electron chi connectivity index (χ2n) is 4.83. The van der Waals surface area contributed by atoms with Gasteiger partial charge in [-0.25, -0.2) is 0 Å². The predicted molar refractivity (Wildman–Crippen MR) is 105 cm³/mol. The summed E-state index contributed by atoms with van der Waals surface area (Å²) in [4.78, 5) is 11.0. The fourth-order valence-corrected chi connectivity index (χ4v) is 3.59. The van der Waals surface area contributed by atoms with Gasteiger partial charge in [0.2, 0.25) is 0 Å². The van der Waals surface area contributed by atoms with Crippen LogP contribution in [0.25, 0.3) is 0 Å². The molecule has 132 valence electrons. The van der Waals surface area contributed by atoms with Gasteiger partial charge in [0.1, 0.15) is 0 Å². The molecule has 2 atom stereocenters. The molecule has 1 N–H and O–H groups in total. The van der Waals surface area contributed by atoms with Crippen molar-refractivity contribution in [1.29, 1.82) is 0 Å². The average molecular weight is 358 g/mol. The average Bonchev–Trinajstić information content (AvgIpc) is 2.49. The third-order valence-electron chi connectivity index (χ3n) is 2.80. The minimum atomic E-state index is -0.163. The van der Waals surface area contributed by atoms with Crippen LogP contribution in [-0.2, 0) is 16.0 Å². The second kappa shape index (κ2) is 14.9. The topological polar surface area (TPSA) is 38.3 Å². The Morgan fingerprint density at radius 1 is 1.04 bits per heavy atom. The Hall–Kier alpha value is -0.650. The van der Waals surface area contributed by atoms with Crippen molar-refractivity contribution < 1.29 is 9.53 Å². The second-order valence-corrected chi connectivity index (χ2v) is 8.06. The van der Waals surface area contributed by atoms with E-state index in [1.807, 2.05) is 60.8 Å². The first-order valence-electron chi connectivity index (χ1n) is 8.22. The highest BCUT2D eigenvalue weighted by Crippen LogP contribution is 2.12. The number of benzene rings is 1. The Labute approximate surface area is 150 Å². The van der Waals surface area contributed by atoms with Gasteiger partial charge in [0.25, 0.3) is 0 Å². The summed E-state index contributed by atoms with van der Waals surface area (Å²) in [7, 11) is 0. The van der Waals surface area contributed by atoms with Gasteiger partial charge in [0.15, 0.2) is 0 Å². The summed E-state index contributed by atoms with van der Waals surface area (Å²) in [6.45, 7) is 11.1. The van der Waals surface area contributed by atoms with Gasteiger partial charge >= 0.3 is 5.97 Å². The van der Waals surface area contributed by atoms with E-state index in [2.05, 4.69) is 33.0 Å². The molecule has 0 fully saturated rings. The molecule has 23 heavy (non-hydrogen) atoms. The number of carbonyl (C=O) groups excluding carboxylic acids is 1. The molecular weight excluding hydrogens is 326 g/mol. The number of ether oxygens (including phenoxy) is 1. The van der Waals surface area contributed by atoms with Crippen molar-refractivity contribution in [2.24, 2.45) is 0 Å². The number of hydrogen-bond acceptors (Lipinski definition) is 5. The molecule has 0 heterocycles. The summed E-state index contributed by atoms with van der Waals surface area (Å²) in [5, 5.41) is 4.69. The monoisotopic (exact) mass is 357 g/mol. The van der Waals surface area contributed by atoms with Crippen LogP contribution in [0.2, 0.25) is 0 Å². The lowest BCUT2D eigenvalue weighted by Gasteiger charge is -2.17. The summed E-state index contributed by atoms with van der Waals surface area (Å²) in [5.74, 6) is 2.22. The predicted octanol–water partition coefficient (Wildman–Crippen LogP) is 4.57. The number of carbonyl (C=O) groups is 1. The van der Waals surface area contributed by atoms with Gasteiger partial charge in [-0.1, -0.05) is 44.2 Å². The Morgan fingerprint density at radius 2 is 1.57 bits per heavy atom. The summed E-state index contributed by atoms with van der Waals surface area (Å²) >= 11 is 3.92.